The second-order valence-electron chi connectivity index (χ2n) is 5.90. The van der Waals surface area contributed by atoms with Gasteiger partial charge in [0.25, 0.3) is 0 Å². The van der Waals surface area contributed by atoms with Crippen LogP contribution in [0.5, 0.6) is 11.5 Å². The molecule has 2 rings (SSSR count). The number of guanidine groups is 1. The topological polar surface area (TPSA) is 64.1 Å². The first-order chi connectivity index (χ1) is 14.0. The molecule has 2 N–H and O–H groups in total. The lowest BCUT2D eigenvalue weighted by Crippen LogP contribution is -2.36. The standard InChI is InChI=1S/C20H24ClF2N3O3.HI/c1-24-20(25-12-14-3-6-17(7-4-14)28-10-9-27-2)26-13-15-11-16(21)5-8-18(15)29-19(22)23;/h3-8,11,19H,9-10,12-13H2,1-2H3,(H2,24,25,26);1H. The first-order valence-electron chi connectivity index (χ1n) is 8.90. The lowest BCUT2D eigenvalue weighted by atomic mass is 10.2. The second-order valence-corrected chi connectivity index (χ2v) is 6.33. The van der Waals surface area contributed by atoms with Gasteiger partial charge in [0.1, 0.15) is 18.1 Å². The smallest absolute Gasteiger partial charge is 0.387 e. The van der Waals surface area contributed by atoms with Crippen molar-refractivity contribution in [3.63, 3.8) is 0 Å². The fraction of sp³-hybridized carbons (Fsp3) is 0.350. The molecule has 0 aromatic heterocycles. The number of nitrogens with zero attached hydrogens (tertiary/aromatic N) is 1. The Morgan fingerprint density at radius 3 is 2.40 bits per heavy atom. The summed E-state index contributed by atoms with van der Waals surface area (Å²) in [5, 5.41) is 6.65. The summed E-state index contributed by atoms with van der Waals surface area (Å²) in [4.78, 5) is 4.13. The Labute approximate surface area is 197 Å². The van der Waals surface area contributed by atoms with Gasteiger partial charge >= 0.3 is 6.61 Å². The molecule has 2 aromatic rings. The van der Waals surface area contributed by atoms with E-state index in [1.165, 1.54) is 12.1 Å². The summed E-state index contributed by atoms with van der Waals surface area (Å²) in [7, 11) is 3.24. The lowest BCUT2D eigenvalue weighted by molar-refractivity contribution is -0.0504. The normalized spacial score (nSPS) is 11.1. The molecule has 0 amide bonds. The number of rotatable bonds is 10. The van der Waals surface area contributed by atoms with Crippen molar-refractivity contribution in [2.45, 2.75) is 19.7 Å². The third-order valence-corrected chi connectivity index (χ3v) is 4.08. The summed E-state index contributed by atoms with van der Waals surface area (Å²) < 4.78 is 40.1. The maximum Gasteiger partial charge on any atom is 0.387 e. The van der Waals surface area contributed by atoms with E-state index in [2.05, 4.69) is 20.4 Å². The van der Waals surface area contributed by atoms with Gasteiger partial charge in [0.15, 0.2) is 5.96 Å². The van der Waals surface area contributed by atoms with Crippen LogP contribution in [0.15, 0.2) is 47.5 Å². The SMILES string of the molecule is CN=C(NCc1ccc(OCCOC)cc1)NCc1cc(Cl)ccc1OC(F)F.I. The van der Waals surface area contributed by atoms with Crippen LogP contribution in [0.25, 0.3) is 0 Å². The van der Waals surface area contributed by atoms with Crippen molar-refractivity contribution >= 4 is 41.5 Å². The van der Waals surface area contributed by atoms with Crippen LogP contribution in [0.3, 0.4) is 0 Å². The minimum Gasteiger partial charge on any atom is -0.491 e. The van der Waals surface area contributed by atoms with E-state index < -0.39 is 6.61 Å². The molecule has 0 radical (unpaired) electrons. The molecule has 6 nitrogen and oxygen atoms in total. The van der Waals surface area contributed by atoms with Crippen LogP contribution in [-0.2, 0) is 17.8 Å². The molecule has 0 aliphatic rings. The fourth-order valence-electron chi connectivity index (χ4n) is 2.43. The highest BCUT2D eigenvalue weighted by Crippen LogP contribution is 2.24. The van der Waals surface area contributed by atoms with Crippen molar-refractivity contribution < 1.29 is 23.0 Å². The Kier molecular flexibility index (Phi) is 12.4. The highest BCUT2D eigenvalue weighted by atomic mass is 127. The minimum absolute atomic E-state index is 0. The molecule has 0 fully saturated rings. The van der Waals surface area contributed by atoms with Gasteiger partial charge in [0.2, 0.25) is 0 Å². The summed E-state index contributed by atoms with van der Waals surface area (Å²) in [6, 6.07) is 12.1. The van der Waals surface area contributed by atoms with Crippen LogP contribution < -0.4 is 20.1 Å². The van der Waals surface area contributed by atoms with Gasteiger partial charge in [-0.05, 0) is 35.9 Å². The lowest BCUT2D eigenvalue weighted by Gasteiger charge is -2.15. The number of alkyl halides is 2. The number of aliphatic imine (C=N–C) groups is 1. The molecule has 0 spiro atoms. The molecule has 0 atom stereocenters. The zero-order valence-corrected chi connectivity index (χ0v) is 19.7. The summed E-state index contributed by atoms with van der Waals surface area (Å²) in [6.45, 7) is -1.15. The van der Waals surface area contributed by atoms with E-state index in [-0.39, 0.29) is 36.3 Å². The molecule has 0 saturated heterocycles. The van der Waals surface area contributed by atoms with Crippen molar-refractivity contribution in [3.05, 3.63) is 58.6 Å². The van der Waals surface area contributed by atoms with Crippen molar-refractivity contribution in [1.29, 1.82) is 0 Å². The van der Waals surface area contributed by atoms with Gasteiger partial charge in [-0.15, -0.1) is 24.0 Å². The monoisotopic (exact) mass is 555 g/mol. The highest BCUT2D eigenvalue weighted by Gasteiger charge is 2.11. The zero-order valence-electron chi connectivity index (χ0n) is 16.7. The van der Waals surface area contributed by atoms with E-state index >= 15 is 0 Å². The second kappa shape index (κ2) is 14.2. The Bertz CT molecular complexity index is 795. The van der Waals surface area contributed by atoms with Crippen LogP contribution >= 0.6 is 35.6 Å². The molecular formula is C20H25ClF2IN3O3. The molecular weight excluding hydrogens is 531 g/mol. The van der Waals surface area contributed by atoms with Gasteiger partial charge in [-0.25, -0.2) is 0 Å². The zero-order chi connectivity index (χ0) is 21.1. The first-order valence-corrected chi connectivity index (χ1v) is 9.28. The molecule has 30 heavy (non-hydrogen) atoms. The Hall–Kier alpha value is -1.85. The van der Waals surface area contributed by atoms with Crippen molar-refractivity contribution in [2.24, 2.45) is 4.99 Å². The number of nitrogens with one attached hydrogen (secondary N) is 2. The number of ether oxygens (including phenoxy) is 3. The van der Waals surface area contributed by atoms with Crippen LogP contribution in [0, 0.1) is 0 Å². The predicted octanol–water partition coefficient (Wildman–Crippen LogP) is 4.45. The van der Waals surface area contributed by atoms with Gasteiger partial charge in [-0.1, -0.05) is 23.7 Å². The van der Waals surface area contributed by atoms with Crippen molar-refractivity contribution in [1.82, 2.24) is 10.6 Å². The average Bonchev–Trinajstić information content (AvgIpc) is 2.71. The fourth-order valence-corrected chi connectivity index (χ4v) is 2.62. The molecule has 166 valence electrons. The number of methoxy groups -OCH3 is 1. The van der Waals surface area contributed by atoms with E-state index in [4.69, 9.17) is 21.1 Å². The number of benzene rings is 2. The van der Waals surface area contributed by atoms with Crippen molar-refractivity contribution in [3.8, 4) is 11.5 Å². The third-order valence-electron chi connectivity index (χ3n) is 3.85. The first kappa shape index (κ1) is 26.2. The number of halogens is 4. The molecule has 0 heterocycles. The van der Waals surface area contributed by atoms with E-state index in [0.29, 0.717) is 36.3 Å². The highest BCUT2D eigenvalue weighted by molar-refractivity contribution is 14.0. The summed E-state index contributed by atoms with van der Waals surface area (Å²) in [5.41, 5.74) is 1.52. The Morgan fingerprint density at radius 1 is 1.07 bits per heavy atom. The molecule has 10 heteroatoms. The number of hydrogen-bond acceptors (Lipinski definition) is 4. The van der Waals surface area contributed by atoms with Gasteiger partial charge < -0.3 is 24.8 Å². The minimum atomic E-state index is -2.91. The summed E-state index contributed by atoms with van der Waals surface area (Å²) in [5.74, 6) is 1.34. The maximum absolute atomic E-state index is 12.6. The number of hydrogen-bond donors (Lipinski definition) is 2. The van der Waals surface area contributed by atoms with Crippen LogP contribution in [-0.4, -0.2) is 39.9 Å². The van der Waals surface area contributed by atoms with Crippen LogP contribution in [0.4, 0.5) is 8.78 Å². The van der Waals surface area contributed by atoms with Crippen molar-refractivity contribution in [2.75, 3.05) is 27.4 Å². The van der Waals surface area contributed by atoms with E-state index in [1.54, 1.807) is 20.2 Å². The maximum atomic E-state index is 12.6. The molecule has 0 unspecified atom stereocenters. The third kappa shape index (κ3) is 9.31. The van der Waals surface area contributed by atoms with Gasteiger partial charge in [0, 0.05) is 37.8 Å². The molecule has 0 aliphatic heterocycles. The van der Waals surface area contributed by atoms with Gasteiger partial charge in [0.05, 0.1) is 6.61 Å². The van der Waals surface area contributed by atoms with E-state index in [1.807, 2.05) is 24.3 Å². The Balaban J connectivity index is 0.00000450. The van der Waals surface area contributed by atoms with Crippen LogP contribution in [0.2, 0.25) is 5.02 Å². The molecule has 0 aliphatic carbocycles. The van der Waals surface area contributed by atoms with Crippen LogP contribution in [0.1, 0.15) is 11.1 Å². The average molecular weight is 556 g/mol. The molecule has 0 bridgehead atoms. The quantitative estimate of drug-likeness (QED) is 0.196. The molecule has 2 aromatic carbocycles. The van der Waals surface area contributed by atoms with E-state index in [0.717, 1.165) is 11.3 Å². The molecule has 0 saturated carbocycles. The van der Waals surface area contributed by atoms with E-state index in [9.17, 15) is 8.78 Å². The Morgan fingerprint density at radius 2 is 1.77 bits per heavy atom. The summed E-state index contributed by atoms with van der Waals surface area (Å²) in [6.07, 6.45) is 0. The largest absolute Gasteiger partial charge is 0.491 e. The van der Waals surface area contributed by atoms with Gasteiger partial charge in [-0.2, -0.15) is 8.78 Å². The summed E-state index contributed by atoms with van der Waals surface area (Å²) >= 11 is 5.96. The van der Waals surface area contributed by atoms with Gasteiger partial charge in [-0.3, -0.25) is 4.99 Å². The predicted molar refractivity (Wildman–Crippen MR) is 124 cm³/mol.